The van der Waals surface area contributed by atoms with Crippen LogP contribution in [0.2, 0.25) is 0 Å². The fourth-order valence-corrected chi connectivity index (χ4v) is 4.96. The maximum atomic E-state index is 13.1. The maximum Gasteiger partial charge on any atom is 0.306 e. The van der Waals surface area contributed by atoms with Crippen LogP contribution in [0, 0.1) is 0 Å². The Labute approximate surface area is 272 Å². The van der Waals surface area contributed by atoms with Gasteiger partial charge in [-0.1, -0.05) is 64.7 Å². The minimum Gasteiger partial charge on any atom is -0.463 e. The predicted molar refractivity (Wildman–Crippen MR) is 163 cm³/mol. The zero-order valence-corrected chi connectivity index (χ0v) is 27.6. The summed E-state index contributed by atoms with van der Waals surface area (Å²) in [5, 5.41) is 37.9. The van der Waals surface area contributed by atoms with Gasteiger partial charge >= 0.3 is 23.9 Å². The molecule has 0 aliphatic carbocycles. The first-order valence-corrected chi connectivity index (χ1v) is 16.6. The summed E-state index contributed by atoms with van der Waals surface area (Å²) in [6.07, 6.45) is 1.45. The van der Waals surface area contributed by atoms with Crippen molar-refractivity contribution in [2.75, 3.05) is 26.4 Å². The smallest absolute Gasteiger partial charge is 0.306 e. The first kappa shape index (κ1) is 41.7. The van der Waals surface area contributed by atoms with Gasteiger partial charge in [0.25, 0.3) is 0 Å². The molecule has 7 unspecified atom stereocenters. The molecule has 1 heterocycles. The summed E-state index contributed by atoms with van der Waals surface area (Å²) < 4.78 is 33.5. The predicted octanol–water partition coefficient (Wildman–Crippen LogP) is 2.23. The van der Waals surface area contributed by atoms with Crippen molar-refractivity contribution in [1.82, 2.24) is 0 Å². The van der Waals surface area contributed by atoms with Crippen LogP contribution in [0.25, 0.3) is 0 Å². The quantitative estimate of drug-likeness (QED) is 0.0628. The third kappa shape index (κ3) is 17.5. The Morgan fingerprint density at radius 3 is 1.74 bits per heavy atom. The second kappa shape index (κ2) is 24.8. The molecule has 14 heteroatoms. The fourth-order valence-electron chi connectivity index (χ4n) is 4.96. The molecule has 0 aromatic rings. The van der Waals surface area contributed by atoms with Gasteiger partial charge in [-0.05, 0) is 19.3 Å². The molecule has 1 aliphatic rings. The normalized spacial score (nSPS) is 22.5. The SMILES string of the molecule is CCCC(=O)OC1C(OCC(O)C(O)CO)OC(COC(C)=O)C(OC(C)=O)C1OC(=O)CCCCCCCCCCCCCO. The molecule has 1 fully saturated rings. The van der Waals surface area contributed by atoms with E-state index in [0.717, 1.165) is 65.2 Å². The van der Waals surface area contributed by atoms with Crippen LogP contribution in [-0.2, 0) is 47.6 Å². The Morgan fingerprint density at radius 2 is 1.22 bits per heavy atom. The van der Waals surface area contributed by atoms with Crippen LogP contribution in [0.15, 0.2) is 0 Å². The van der Waals surface area contributed by atoms with E-state index in [1.165, 1.54) is 12.8 Å². The molecule has 0 radical (unpaired) electrons. The monoisotopic (exact) mass is 664 g/mol. The number of hydrogen-bond acceptors (Lipinski definition) is 14. The average molecular weight is 665 g/mol. The highest BCUT2D eigenvalue weighted by molar-refractivity contribution is 5.71. The Balaban J connectivity index is 2.97. The van der Waals surface area contributed by atoms with Crippen molar-refractivity contribution >= 4 is 23.9 Å². The first-order valence-electron chi connectivity index (χ1n) is 16.6. The third-order valence-corrected chi connectivity index (χ3v) is 7.43. The lowest BCUT2D eigenvalue weighted by atomic mass is 9.98. The van der Waals surface area contributed by atoms with Crippen molar-refractivity contribution in [2.24, 2.45) is 0 Å². The number of carbonyl (C=O) groups excluding carboxylic acids is 4. The van der Waals surface area contributed by atoms with Crippen molar-refractivity contribution < 1.29 is 68.0 Å². The van der Waals surface area contributed by atoms with Crippen molar-refractivity contribution in [2.45, 2.75) is 154 Å². The Kier molecular flexibility index (Phi) is 22.4. The van der Waals surface area contributed by atoms with E-state index in [2.05, 4.69) is 0 Å². The first-order chi connectivity index (χ1) is 22.0. The van der Waals surface area contributed by atoms with Crippen molar-refractivity contribution in [3.63, 3.8) is 0 Å². The van der Waals surface area contributed by atoms with E-state index in [9.17, 15) is 29.4 Å². The van der Waals surface area contributed by atoms with Crippen LogP contribution >= 0.6 is 0 Å². The van der Waals surface area contributed by atoms with E-state index in [1.54, 1.807) is 6.92 Å². The molecule has 0 aromatic carbocycles. The summed E-state index contributed by atoms with van der Waals surface area (Å²) >= 11 is 0. The van der Waals surface area contributed by atoms with Gasteiger partial charge in [0, 0.05) is 33.3 Å². The molecule has 4 N–H and O–H groups in total. The number of aliphatic hydroxyl groups is 4. The van der Waals surface area contributed by atoms with Gasteiger partial charge in [0.05, 0.1) is 13.2 Å². The van der Waals surface area contributed by atoms with Gasteiger partial charge in [-0.3, -0.25) is 19.2 Å². The second-order valence-electron chi connectivity index (χ2n) is 11.6. The van der Waals surface area contributed by atoms with E-state index in [-0.39, 0.29) is 19.4 Å². The Bertz CT molecular complexity index is 868. The van der Waals surface area contributed by atoms with E-state index < -0.39 is 86.6 Å². The van der Waals surface area contributed by atoms with Crippen LogP contribution in [0.4, 0.5) is 0 Å². The van der Waals surface area contributed by atoms with Crippen LogP contribution in [0.1, 0.15) is 111 Å². The molecular formula is C32H56O14. The fraction of sp³-hybridized carbons (Fsp3) is 0.875. The zero-order chi connectivity index (χ0) is 34.3. The van der Waals surface area contributed by atoms with Crippen LogP contribution in [-0.4, -0.2) is 114 Å². The highest BCUT2D eigenvalue weighted by atomic mass is 16.7. The summed E-state index contributed by atoms with van der Waals surface area (Å²) in [6.45, 7) is 2.55. The van der Waals surface area contributed by atoms with Crippen LogP contribution < -0.4 is 0 Å². The number of hydrogen-bond donors (Lipinski definition) is 4. The zero-order valence-electron chi connectivity index (χ0n) is 27.6. The van der Waals surface area contributed by atoms with Gasteiger partial charge in [0.1, 0.15) is 24.9 Å². The van der Waals surface area contributed by atoms with E-state index >= 15 is 0 Å². The lowest BCUT2D eigenvalue weighted by Crippen LogP contribution is -2.63. The van der Waals surface area contributed by atoms with Crippen LogP contribution in [0.5, 0.6) is 0 Å². The highest BCUT2D eigenvalue weighted by Gasteiger charge is 2.53. The van der Waals surface area contributed by atoms with Gasteiger partial charge in [0.15, 0.2) is 24.6 Å². The molecule has 46 heavy (non-hydrogen) atoms. The van der Waals surface area contributed by atoms with Gasteiger partial charge in [-0.25, -0.2) is 0 Å². The van der Waals surface area contributed by atoms with Gasteiger partial charge in [0.2, 0.25) is 0 Å². The topological polar surface area (TPSA) is 205 Å². The summed E-state index contributed by atoms with van der Waals surface area (Å²) in [5.74, 6) is -2.73. The van der Waals surface area contributed by atoms with Gasteiger partial charge in [-0.15, -0.1) is 0 Å². The summed E-state index contributed by atoms with van der Waals surface area (Å²) in [4.78, 5) is 49.4. The Hall–Kier alpha value is -2.36. The van der Waals surface area contributed by atoms with E-state index in [0.29, 0.717) is 12.8 Å². The largest absolute Gasteiger partial charge is 0.463 e. The number of carbonyl (C=O) groups is 4. The summed E-state index contributed by atoms with van der Waals surface area (Å²) in [5.41, 5.74) is 0. The lowest BCUT2D eigenvalue weighted by Gasteiger charge is -2.44. The third-order valence-electron chi connectivity index (χ3n) is 7.43. The second-order valence-corrected chi connectivity index (χ2v) is 11.6. The number of ether oxygens (including phenoxy) is 6. The van der Waals surface area contributed by atoms with Crippen molar-refractivity contribution in [3.05, 3.63) is 0 Å². The molecule has 268 valence electrons. The maximum absolute atomic E-state index is 13.1. The van der Waals surface area contributed by atoms with Crippen molar-refractivity contribution in [3.8, 4) is 0 Å². The van der Waals surface area contributed by atoms with Gasteiger partial charge < -0.3 is 48.8 Å². The molecule has 1 rings (SSSR count). The van der Waals surface area contributed by atoms with Gasteiger partial charge in [-0.2, -0.15) is 0 Å². The summed E-state index contributed by atoms with van der Waals surface area (Å²) in [7, 11) is 0. The molecule has 0 saturated carbocycles. The Morgan fingerprint density at radius 1 is 0.674 bits per heavy atom. The number of rotatable bonds is 25. The number of esters is 4. The molecular weight excluding hydrogens is 608 g/mol. The standard InChI is InChI=1S/C32H56O14/c1-4-16-27(39)46-31-30(45-28(40)17-14-12-10-8-6-5-7-9-11-13-15-18-33)29(43-23(3)36)26(21-41-22(2)35)44-32(31)42-20-25(38)24(37)19-34/h24-26,29-34,37-38H,4-21H2,1-3H3. The summed E-state index contributed by atoms with van der Waals surface area (Å²) in [6, 6.07) is 0. The van der Waals surface area contributed by atoms with Crippen LogP contribution in [0.3, 0.4) is 0 Å². The highest BCUT2D eigenvalue weighted by Crippen LogP contribution is 2.31. The van der Waals surface area contributed by atoms with E-state index in [4.69, 9.17) is 38.6 Å². The molecule has 14 nitrogen and oxygen atoms in total. The minimum atomic E-state index is -1.54. The molecule has 0 amide bonds. The molecule has 1 saturated heterocycles. The minimum absolute atomic E-state index is 0.00849. The molecule has 0 bridgehead atoms. The average Bonchev–Trinajstić information content (AvgIpc) is 3.01. The molecule has 0 aromatic heterocycles. The van der Waals surface area contributed by atoms with Crippen molar-refractivity contribution in [1.29, 1.82) is 0 Å². The molecule has 7 atom stereocenters. The van der Waals surface area contributed by atoms with E-state index in [1.807, 2.05) is 0 Å². The molecule has 0 spiro atoms. The number of aliphatic hydroxyl groups excluding tert-OH is 4. The number of unbranched alkanes of at least 4 members (excludes halogenated alkanes) is 10. The lowest BCUT2D eigenvalue weighted by molar-refractivity contribution is -0.312. The molecule has 1 aliphatic heterocycles.